The molecule has 2 nitrogen and oxygen atoms in total. The van der Waals surface area contributed by atoms with Crippen LogP contribution in [-0.2, 0) is 0 Å². The van der Waals surface area contributed by atoms with Gasteiger partial charge in [-0.15, -0.1) is 0 Å². The van der Waals surface area contributed by atoms with Gasteiger partial charge in [-0.2, -0.15) is 0 Å². The summed E-state index contributed by atoms with van der Waals surface area (Å²) in [7, 11) is 0. The molecule has 5 heavy (non-hydrogen) atoms. The Kier molecular flexibility index (Phi) is 7.85. The predicted molar refractivity (Wildman–Crippen MR) is 24.3 cm³/mol. The fourth-order valence-corrected chi connectivity index (χ4v) is 0. The molecule has 0 fully saturated rings. The normalized spacial score (nSPS) is 5.00. The number of thiol groups is 1. The van der Waals surface area contributed by atoms with E-state index < -0.39 is 5.24 Å². The van der Waals surface area contributed by atoms with Crippen molar-refractivity contribution in [2.75, 3.05) is 0 Å². The van der Waals surface area contributed by atoms with Crippen molar-refractivity contribution in [3.05, 3.63) is 0 Å². The number of rotatable bonds is 0. The summed E-state index contributed by atoms with van der Waals surface area (Å²) >= 11 is 3.10. The Hall–Kier alpha value is 0.352. The third-order valence-corrected chi connectivity index (χ3v) is 0. The van der Waals surface area contributed by atoms with Gasteiger partial charge in [0.2, 0.25) is 0 Å². The van der Waals surface area contributed by atoms with E-state index in [1.165, 1.54) is 0 Å². The zero-order chi connectivity index (χ0) is 3.58. The van der Waals surface area contributed by atoms with Crippen LogP contribution in [0.3, 0.4) is 0 Å². The minimum atomic E-state index is -0.639. The molecule has 4 heteroatoms. The molecule has 27 valence electrons. The minimum absolute atomic E-state index is 0. The summed E-state index contributed by atoms with van der Waals surface area (Å²) in [6.45, 7) is 0. The van der Waals surface area contributed by atoms with Gasteiger partial charge >= 0.3 is 0 Å². The highest BCUT2D eigenvalue weighted by molar-refractivity contribution is 7.96. The van der Waals surface area contributed by atoms with Crippen molar-refractivity contribution in [1.29, 1.82) is 0 Å². The highest BCUT2D eigenvalue weighted by atomic mass is 32.1. The highest BCUT2D eigenvalue weighted by Crippen LogP contribution is 1.60. The summed E-state index contributed by atoms with van der Waals surface area (Å²) in [5.74, 6) is 0. The van der Waals surface area contributed by atoms with Crippen LogP contribution in [0.25, 0.3) is 0 Å². The second-order valence-electron chi connectivity index (χ2n) is 0.338. The van der Waals surface area contributed by atoms with Gasteiger partial charge in [0, 0.05) is 17.4 Å². The lowest BCUT2D eigenvalue weighted by Crippen LogP contribution is -1.95. The number of carbonyl (C=O) groups excluding carboxylic acids is 1. The molecular weight excluding hydrogens is 101 g/mol. The van der Waals surface area contributed by atoms with Crippen LogP contribution in [0.2, 0.25) is 0 Å². The number of primary amides is 1. The molecule has 0 saturated heterocycles. The van der Waals surface area contributed by atoms with E-state index in [0.29, 0.717) is 0 Å². The van der Waals surface area contributed by atoms with Crippen LogP contribution >= 0.6 is 12.6 Å². The molecule has 0 heterocycles. The second-order valence-corrected chi connectivity index (χ2v) is 0.779. The largest absolute Gasteiger partial charge is 0.361 e. The fraction of sp³-hybridized carbons (Fsp3) is 0. The zero-order valence-corrected chi connectivity index (χ0v) is 4.56. The molecule has 0 aromatic heterocycles. The van der Waals surface area contributed by atoms with Crippen LogP contribution < -0.4 is 5.73 Å². The van der Waals surface area contributed by atoms with Gasteiger partial charge in [-0.25, -0.2) is 0 Å². The van der Waals surface area contributed by atoms with E-state index in [0.717, 1.165) is 0 Å². The Morgan fingerprint density at radius 2 is 1.80 bits per heavy atom. The highest BCUT2D eigenvalue weighted by Gasteiger charge is 1.63. The average molecular weight is 104 g/mol. The molecule has 2 N–H and O–H groups in total. The first kappa shape index (κ1) is 9.02. The maximum atomic E-state index is 9.09. The summed E-state index contributed by atoms with van der Waals surface area (Å²) < 4.78 is 0. The molecular formula is CH3AlNOS. The van der Waals surface area contributed by atoms with E-state index in [4.69, 9.17) is 4.79 Å². The maximum absolute atomic E-state index is 9.09. The summed E-state index contributed by atoms with van der Waals surface area (Å²) in [6.07, 6.45) is 0. The quantitative estimate of drug-likeness (QED) is 0.319. The Bertz CT molecular complexity index is 34.6. The summed E-state index contributed by atoms with van der Waals surface area (Å²) in [5, 5.41) is -0.639. The van der Waals surface area contributed by atoms with Crippen LogP contribution in [0.15, 0.2) is 0 Å². The number of nitrogens with two attached hydrogens (primary N) is 1. The fourth-order valence-electron chi connectivity index (χ4n) is 0. The molecule has 0 atom stereocenters. The van der Waals surface area contributed by atoms with Crippen molar-refractivity contribution in [2.45, 2.75) is 0 Å². The monoisotopic (exact) mass is 104 g/mol. The lowest BCUT2D eigenvalue weighted by Gasteiger charge is -1.58. The zero-order valence-electron chi connectivity index (χ0n) is 2.51. The van der Waals surface area contributed by atoms with Crippen LogP contribution in [0.4, 0.5) is 4.79 Å². The molecule has 0 bridgehead atoms. The van der Waals surface area contributed by atoms with Gasteiger partial charge in [-0.05, 0) is 0 Å². The van der Waals surface area contributed by atoms with Crippen molar-refractivity contribution < 1.29 is 4.79 Å². The van der Waals surface area contributed by atoms with Crippen molar-refractivity contribution in [3.63, 3.8) is 0 Å². The lowest BCUT2D eigenvalue weighted by atomic mass is 11.5. The van der Waals surface area contributed by atoms with E-state index in [1.807, 2.05) is 0 Å². The Labute approximate surface area is 46.3 Å². The summed E-state index contributed by atoms with van der Waals surface area (Å²) in [5.41, 5.74) is 4.34. The molecule has 0 spiro atoms. The van der Waals surface area contributed by atoms with E-state index in [-0.39, 0.29) is 17.4 Å². The topological polar surface area (TPSA) is 43.1 Å². The number of hydrogen-bond donors (Lipinski definition) is 2. The van der Waals surface area contributed by atoms with Crippen LogP contribution in [-0.4, -0.2) is 22.6 Å². The summed E-state index contributed by atoms with van der Waals surface area (Å²) in [6, 6.07) is 0. The van der Waals surface area contributed by atoms with E-state index in [2.05, 4.69) is 18.4 Å². The van der Waals surface area contributed by atoms with E-state index in [9.17, 15) is 0 Å². The molecule has 0 saturated carbocycles. The van der Waals surface area contributed by atoms with Gasteiger partial charge in [0.05, 0.1) is 0 Å². The van der Waals surface area contributed by atoms with Gasteiger partial charge in [0.25, 0.3) is 5.24 Å². The third-order valence-electron chi connectivity index (χ3n) is 0. The average Bonchev–Trinajstić information content (AvgIpc) is 0.811. The molecule has 0 aromatic carbocycles. The molecule has 0 rings (SSSR count). The van der Waals surface area contributed by atoms with Crippen molar-refractivity contribution >= 4 is 35.2 Å². The van der Waals surface area contributed by atoms with Crippen molar-refractivity contribution in [2.24, 2.45) is 5.73 Å². The van der Waals surface area contributed by atoms with E-state index in [1.54, 1.807) is 0 Å². The van der Waals surface area contributed by atoms with Gasteiger partial charge in [0.1, 0.15) is 0 Å². The molecule has 0 aliphatic rings. The SMILES string of the molecule is NC(=O)S.[Al]. The molecule has 0 aliphatic heterocycles. The van der Waals surface area contributed by atoms with Gasteiger partial charge in [-0.3, -0.25) is 4.79 Å². The first-order chi connectivity index (χ1) is 1.73. The number of carbonyl (C=O) groups is 1. The van der Waals surface area contributed by atoms with Gasteiger partial charge < -0.3 is 5.73 Å². The second kappa shape index (κ2) is 4.35. The number of amides is 1. The van der Waals surface area contributed by atoms with Crippen LogP contribution in [0, 0.1) is 0 Å². The van der Waals surface area contributed by atoms with Crippen molar-refractivity contribution in [3.8, 4) is 0 Å². The van der Waals surface area contributed by atoms with Gasteiger partial charge in [0.15, 0.2) is 0 Å². The first-order valence-electron chi connectivity index (χ1n) is 0.716. The first-order valence-corrected chi connectivity index (χ1v) is 1.16. The molecule has 0 aliphatic carbocycles. The third kappa shape index (κ3) is 194. The van der Waals surface area contributed by atoms with E-state index >= 15 is 0 Å². The Morgan fingerprint density at radius 1 is 1.80 bits per heavy atom. The maximum Gasteiger partial charge on any atom is 0.273 e. The lowest BCUT2D eigenvalue weighted by molar-refractivity contribution is 0.267. The number of hydrogen-bond acceptors (Lipinski definition) is 1. The smallest absolute Gasteiger partial charge is 0.273 e. The molecule has 1 amide bonds. The summed E-state index contributed by atoms with van der Waals surface area (Å²) in [4.78, 5) is 9.09. The predicted octanol–water partition coefficient (Wildman–Crippen LogP) is -0.386. The van der Waals surface area contributed by atoms with Crippen LogP contribution in [0.1, 0.15) is 0 Å². The molecule has 0 aromatic rings. The molecule has 0 unspecified atom stereocenters. The van der Waals surface area contributed by atoms with Crippen molar-refractivity contribution in [1.82, 2.24) is 0 Å². The van der Waals surface area contributed by atoms with Crippen LogP contribution in [0.5, 0.6) is 0 Å². The Balaban J connectivity index is 0. The van der Waals surface area contributed by atoms with Gasteiger partial charge in [-0.1, -0.05) is 12.6 Å². The Morgan fingerprint density at radius 3 is 1.80 bits per heavy atom. The minimum Gasteiger partial charge on any atom is -0.361 e. The molecule has 3 radical (unpaired) electrons. The standard InChI is InChI=1S/CH3NOS.Al/c2-1(3)4;/h(H3,2,3,4);.